The lowest BCUT2D eigenvalue weighted by Crippen LogP contribution is -2.14. The van der Waals surface area contributed by atoms with Crippen molar-refractivity contribution < 1.29 is 14.3 Å². The lowest BCUT2D eigenvalue weighted by molar-refractivity contribution is -0.113. The first-order valence-corrected chi connectivity index (χ1v) is 11.0. The van der Waals surface area contributed by atoms with Crippen molar-refractivity contribution in [1.29, 1.82) is 0 Å². The molecule has 0 aliphatic heterocycles. The van der Waals surface area contributed by atoms with Gasteiger partial charge >= 0.3 is 0 Å². The predicted molar refractivity (Wildman–Crippen MR) is 124 cm³/mol. The number of anilines is 1. The van der Waals surface area contributed by atoms with Crippen LogP contribution >= 0.6 is 11.8 Å². The van der Waals surface area contributed by atoms with Gasteiger partial charge in [-0.05, 0) is 48.5 Å². The Balaban J connectivity index is 1.52. The zero-order valence-electron chi connectivity index (χ0n) is 17.5. The Hall–Kier alpha value is -3.78. The molecule has 7 nitrogen and oxygen atoms in total. The highest BCUT2D eigenvalue weighted by atomic mass is 32.2. The van der Waals surface area contributed by atoms with Gasteiger partial charge in [-0.15, -0.1) is 10.2 Å². The quantitative estimate of drug-likeness (QED) is 0.379. The third kappa shape index (κ3) is 5.47. The SMILES string of the molecule is COc1ccc(-n2c(COc3ccccc3)nnc2SCC(=O)Nc2ccccc2)cc1. The van der Waals surface area contributed by atoms with E-state index in [9.17, 15) is 4.79 Å². The number of aromatic nitrogens is 3. The lowest BCUT2D eigenvalue weighted by atomic mass is 10.3. The molecule has 8 heteroatoms. The maximum atomic E-state index is 12.4. The van der Waals surface area contributed by atoms with Crippen molar-refractivity contribution in [3.8, 4) is 17.2 Å². The molecular weight excluding hydrogens is 424 g/mol. The van der Waals surface area contributed by atoms with Crippen molar-refractivity contribution in [3.63, 3.8) is 0 Å². The van der Waals surface area contributed by atoms with E-state index in [0.717, 1.165) is 22.9 Å². The molecule has 0 unspecified atom stereocenters. The topological polar surface area (TPSA) is 78.3 Å². The molecule has 1 aromatic heterocycles. The molecule has 0 spiro atoms. The molecule has 1 heterocycles. The summed E-state index contributed by atoms with van der Waals surface area (Å²) in [6.07, 6.45) is 0. The third-order valence-corrected chi connectivity index (χ3v) is 5.46. The van der Waals surface area contributed by atoms with Crippen molar-refractivity contribution in [3.05, 3.63) is 90.8 Å². The predicted octanol–water partition coefficient (Wildman–Crippen LogP) is 4.59. The Labute approximate surface area is 190 Å². The second-order valence-corrected chi connectivity index (χ2v) is 7.68. The largest absolute Gasteiger partial charge is 0.497 e. The third-order valence-electron chi connectivity index (χ3n) is 4.53. The van der Waals surface area contributed by atoms with Crippen molar-refractivity contribution in [2.45, 2.75) is 11.8 Å². The molecule has 0 aliphatic rings. The summed E-state index contributed by atoms with van der Waals surface area (Å²) < 4.78 is 13.0. The summed E-state index contributed by atoms with van der Waals surface area (Å²) in [4.78, 5) is 12.4. The molecule has 0 fully saturated rings. The molecule has 0 bridgehead atoms. The molecule has 0 saturated heterocycles. The molecular formula is C24H22N4O3S. The van der Waals surface area contributed by atoms with Crippen LogP contribution in [0.1, 0.15) is 5.82 Å². The highest BCUT2D eigenvalue weighted by Crippen LogP contribution is 2.25. The number of carbonyl (C=O) groups excluding carboxylic acids is 1. The minimum Gasteiger partial charge on any atom is -0.497 e. The Bertz CT molecular complexity index is 1150. The highest BCUT2D eigenvalue weighted by molar-refractivity contribution is 7.99. The molecule has 4 aromatic rings. The van der Waals surface area contributed by atoms with E-state index >= 15 is 0 Å². The van der Waals surface area contributed by atoms with Crippen molar-refractivity contribution in [2.75, 3.05) is 18.2 Å². The first kappa shape index (κ1) is 21.5. The maximum Gasteiger partial charge on any atom is 0.234 e. The molecule has 162 valence electrons. The van der Waals surface area contributed by atoms with E-state index in [2.05, 4.69) is 15.5 Å². The van der Waals surface area contributed by atoms with Crippen LogP contribution < -0.4 is 14.8 Å². The van der Waals surface area contributed by atoms with Gasteiger partial charge in [-0.25, -0.2) is 0 Å². The number of carbonyl (C=O) groups is 1. The van der Waals surface area contributed by atoms with Crippen LogP contribution in [0.3, 0.4) is 0 Å². The summed E-state index contributed by atoms with van der Waals surface area (Å²) in [5.41, 5.74) is 1.61. The monoisotopic (exact) mass is 446 g/mol. The second-order valence-electron chi connectivity index (χ2n) is 6.74. The number of benzene rings is 3. The lowest BCUT2D eigenvalue weighted by Gasteiger charge is -2.12. The number of rotatable bonds is 9. The fraction of sp³-hybridized carbons (Fsp3) is 0.125. The Kier molecular flexibility index (Phi) is 7.04. The van der Waals surface area contributed by atoms with Gasteiger partial charge in [0.05, 0.1) is 12.9 Å². The molecule has 0 atom stereocenters. The summed E-state index contributed by atoms with van der Waals surface area (Å²) in [7, 11) is 1.62. The minimum absolute atomic E-state index is 0.118. The van der Waals surface area contributed by atoms with E-state index in [-0.39, 0.29) is 18.3 Å². The summed E-state index contributed by atoms with van der Waals surface area (Å²) in [6, 6.07) is 26.5. The van der Waals surface area contributed by atoms with Crippen molar-refractivity contribution in [1.82, 2.24) is 14.8 Å². The van der Waals surface area contributed by atoms with Crippen LogP contribution in [0.5, 0.6) is 11.5 Å². The summed E-state index contributed by atoms with van der Waals surface area (Å²) in [5.74, 6) is 2.20. The molecule has 1 N–H and O–H groups in total. The number of methoxy groups -OCH3 is 1. The van der Waals surface area contributed by atoms with Gasteiger partial charge in [0.2, 0.25) is 5.91 Å². The van der Waals surface area contributed by atoms with Gasteiger partial charge in [0.1, 0.15) is 18.1 Å². The summed E-state index contributed by atoms with van der Waals surface area (Å²) in [5, 5.41) is 12.1. The van der Waals surface area contributed by atoms with Gasteiger partial charge in [-0.2, -0.15) is 0 Å². The number of nitrogens with one attached hydrogen (secondary N) is 1. The summed E-state index contributed by atoms with van der Waals surface area (Å²) >= 11 is 1.31. The highest BCUT2D eigenvalue weighted by Gasteiger charge is 2.17. The number of nitrogens with zero attached hydrogens (tertiary/aromatic N) is 3. The summed E-state index contributed by atoms with van der Waals surface area (Å²) in [6.45, 7) is 0.236. The fourth-order valence-corrected chi connectivity index (χ4v) is 3.76. The minimum atomic E-state index is -0.118. The maximum absolute atomic E-state index is 12.4. The second kappa shape index (κ2) is 10.5. The zero-order valence-corrected chi connectivity index (χ0v) is 18.3. The average molecular weight is 447 g/mol. The van der Waals surface area contributed by atoms with Gasteiger partial charge in [0, 0.05) is 11.4 Å². The Morgan fingerprint density at radius 3 is 2.28 bits per heavy atom. The van der Waals surface area contributed by atoms with E-state index in [1.165, 1.54) is 11.8 Å². The molecule has 32 heavy (non-hydrogen) atoms. The number of para-hydroxylation sites is 2. The molecule has 4 rings (SSSR count). The van der Waals surface area contributed by atoms with Crippen LogP contribution in [-0.2, 0) is 11.4 Å². The van der Waals surface area contributed by atoms with Crippen molar-refractivity contribution in [2.24, 2.45) is 0 Å². The number of hydrogen-bond donors (Lipinski definition) is 1. The van der Waals surface area contributed by atoms with E-state index in [0.29, 0.717) is 11.0 Å². The van der Waals surface area contributed by atoms with Crippen LogP contribution in [0.4, 0.5) is 5.69 Å². The van der Waals surface area contributed by atoms with Gasteiger partial charge < -0.3 is 14.8 Å². The van der Waals surface area contributed by atoms with Crippen molar-refractivity contribution >= 4 is 23.4 Å². The fourth-order valence-electron chi connectivity index (χ4n) is 2.99. The Morgan fingerprint density at radius 2 is 1.59 bits per heavy atom. The van der Waals surface area contributed by atoms with E-state index in [4.69, 9.17) is 9.47 Å². The van der Waals surface area contributed by atoms with Crippen LogP contribution in [0.2, 0.25) is 0 Å². The first-order chi connectivity index (χ1) is 15.7. The first-order valence-electron chi connectivity index (χ1n) is 9.97. The van der Waals surface area contributed by atoms with Crippen LogP contribution in [0.15, 0.2) is 90.1 Å². The van der Waals surface area contributed by atoms with E-state index in [1.54, 1.807) is 7.11 Å². The van der Waals surface area contributed by atoms with Gasteiger partial charge in [-0.1, -0.05) is 48.2 Å². The number of thioether (sulfide) groups is 1. The van der Waals surface area contributed by atoms with E-state index in [1.807, 2.05) is 89.5 Å². The Morgan fingerprint density at radius 1 is 0.906 bits per heavy atom. The van der Waals surface area contributed by atoms with Gasteiger partial charge in [0.15, 0.2) is 11.0 Å². The molecule has 3 aromatic carbocycles. The molecule has 1 amide bonds. The van der Waals surface area contributed by atoms with Gasteiger partial charge in [0.25, 0.3) is 0 Å². The number of hydrogen-bond acceptors (Lipinski definition) is 6. The molecule has 0 aliphatic carbocycles. The normalized spacial score (nSPS) is 10.5. The number of ether oxygens (including phenoxy) is 2. The van der Waals surface area contributed by atoms with E-state index < -0.39 is 0 Å². The molecule has 0 radical (unpaired) electrons. The van der Waals surface area contributed by atoms with Crippen LogP contribution in [0.25, 0.3) is 5.69 Å². The zero-order chi connectivity index (χ0) is 22.2. The smallest absolute Gasteiger partial charge is 0.234 e. The van der Waals surface area contributed by atoms with Crippen LogP contribution in [0, 0.1) is 0 Å². The van der Waals surface area contributed by atoms with Crippen LogP contribution in [-0.4, -0.2) is 33.5 Å². The number of amides is 1. The standard InChI is InChI=1S/C24H22N4O3S/c1-30-20-14-12-19(13-15-20)28-22(16-31-21-10-6-3-7-11-21)26-27-24(28)32-17-23(29)25-18-8-4-2-5-9-18/h2-15H,16-17H2,1H3,(H,25,29). The molecule has 0 saturated carbocycles. The van der Waals surface area contributed by atoms with Gasteiger partial charge in [-0.3, -0.25) is 9.36 Å². The average Bonchev–Trinajstić information content (AvgIpc) is 3.25.